The number of aromatic nitrogens is 1. The van der Waals surface area contributed by atoms with E-state index >= 15 is 0 Å². The average Bonchev–Trinajstić information content (AvgIpc) is 3.14. The fourth-order valence-electron chi connectivity index (χ4n) is 4.25. The number of carbonyl (C=O) groups is 2. The van der Waals surface area contributed by atoms with Crippen LogP contribution in [0.1, 0.15) is 35.2 Å². The molecule has 1 aliphatic rings. The Balaban J connectivity index is 1.80. The van der Waals surface area contributed by atoms with E-state index < -0.39 is 17.7 Å². The number of hydrogen-bond acceptors (Lipinski definition) is 6. The first-order chi connectivity index (χ1) is 17.4. The summed E-state index contributed by atoms with van der Waals surface area (Å²) in [5.74, 6) is -0.326. The van der Waals surface area contributed by atoms with Gasteiger partial charge in [0, 0.05) is 24.5 Å². The zero-order valence-electron chi connectivity index (χ0n) is 20.3. The van der Waals surface area contributed by atoms with E-state index in [4.69, 9.17) is 9.47 Å². The van der Waals surface area contributed by atoms with E-state index in [9.17, 15) is 14.7 Å². The van der Waals surface area contributed by atoms with Crippen LogP contribution in [0.3, 0.4) is 0 Å². The van der Waals surface area contributed by atoms with Crippen molar-refractivity contribution in [3.63, 3.8) is 0 Å². The first-order valence-corrected chi connectivity index (χ1v) is 11.7. The molecule has 7 nitrogen and oxygen atoms in total. The summed E-state index contributed by atoms with van der Waals surface area (Å²) in [6.45, 7) is 8.44. The zero-order chi connectivity index (χ0) is 25.7. The molecule has 0 saturated carbocycles. The van der Waals surface area contributed by atoms with Gasteiger partial charge in [-0.2, -0.15) is 0 Å². The van der Waals surface area contributed by atoms with Crippen LogP contribution in [-0.4, -0.2) is 39.9 Å². The van der Waals surface area contributed by atoms with Crippen LogP contribution in [0.15, 0.2) is 85.2 Å². The van der Waals surface area contributed by atoms with Crippen molar-refractivity contribution in [2.75, 3.05) is 13.2 Å². The molecule has 1 aliphatic heterocycles. The molecule has 3 aromatic rings. The normalized spacial score (nSPS) is 16.7. The lowest BCUT2D eigenvalue weighted by atomic mass is 9.94. The molecule has 0 bridgehead atoms. The van der Waals surface area contributed by atoms with Gasteiger partial charge in [0.15, 0.2) is 0 Å². The Labute approximate surface area is 210 Å². The molecule has 1 aromatic heterocycles. The molecule has 1 amide bonds. The highest BCUT2D eigenvalue weighted by atomic mass is 16.5. The number of aryl methyl sites for hydroxylation is 1. The quantitative estimate of drug-likeness (QED) is 0.200. The number of Topliss-reactive ketones (excluding diaryl/α,β-unsaturated/α-hetero) is 1. The second-order valence-electron chi connectivity index (χ2n) is 8.37. The van der Waals surface area contributed by atoms with Gasteiger partial charge in [-0.15, -0.1) is 0 Å². The molecule has 184 valence electrons. The van der Waals surface area contributed by atoms with Crippen LogP contribution < -0.4 is 9.47 Å². The number of amides is 1. The van der Waals surface area contributed by atoms with Gasteiger partial charge in [-0.3, -0.25) is 14.6 Å². The van der Waals surface area contributed by atoms with E-state index in [1.165, 1.54) is 4.90 Å². The first-order valence-electron chi connectivity index (χ1n) is 11.7. The molecule has 1 atom stereocenters. The summed E-state index contributed by atoms with van der Waals surface area (Å²) < 4.78 is 11.2. The van der Waals surface area contributed by atoms with E-state index in [1.807, 2.05) is 19.9 Å². The average molecular weight is 485 g/mol. The molecule has 0 radical (unpaired) electrons. The molecular weight excluding hydrogens is 456 g/mol. The molecule has 2 heterocycles. The van der Waals surface area contributed by atoms with Gasteiger partial charge >= 0.3 is 0 Å². The number of likely N-dealkylation sites (tertiary alicyclic amines) is 1. The summed E-state index contributed by atoms with van der Waals surface area (Å²) >= 11 is 0. The van der Waals surface area contributed by atoms with Crippen molar-refractivity contribution in [2.45, 2.75) is 26.4 Å². The van der Waals surface area contributed by atoms with E-state index in [1.54, 1.807) is 67.0 Å². The van der Waals surface area contributed by atoms with Crippen molar-refractivity contribution in [1.29, 1.82) is 0 Å². The number of pyridine rings is 1. The molecule has 7 heteroatoms. The second kappa shape index (κ2) is 10.9. The number of hydrogen-bond donors (Lipinski definition) is 1. The highest BCUT2D eigenvalue weighted by molar-refractivity contribution is 6.46. The van der Waals surface area contributed by atoms with E-state index in [-0.39, 0.29) is 17.9 Å². The monoisotopic (exact) mass is 484 g/mol. The van der Waals surface area contributed by atoms with Gasteiger partial charge in [-0.1, -0.05) is 30.9 Å². The summed E-state index contributed by atoms with van der Waals surface area (Å²) in [7, 11) is 0. The van der Waals surface area contributed by atoms with Crippen LogP contribution in [0.4, 0.5) is 0 Å². The lowest BCUT2D eigenvalue weighted by Crippen LogP contribution is -2.29. The van der Waals surface area contributed by atoms with Crippen molar-refractivity contribution in [2.24, 2.45) is 0 Å². The second-order valence-corrected chi connectivity index (χ2v) is 8.37. The number of nitrogens with zero attached hydrogens (tertiary/aromatic N) is 2. The number of ether oxygens (including phenoxy) is 2. The fourth-order valence-corrected chi connectivity index (χ4v) is 4.25. The fraction of sp³-hybridized carbons (Fsp3) is 0.207. The maximum atomic E-state index is 13.3. The van der Waals surface area contributed by atoms with Gasteiger partial charge in [0.05, 0.1) is 18.2 Å². The Hall–Kier alpha value is -4.39. The summed E-state index contributed by atoms with van der Waals surface area (Å²) in [5.41, 5.74) is 2.73. The summed E-state index contributed by atoms with van der Waals surface area (Å²) in [6.07, 6.45) is 4.94. The van der Waals surface area contributed by atoms with Crippen molar-refractivity contribution < 1.29 is 24.2 Å². The lowest BCUT2D eigenvalue weighted by Gasteiger charge is -2.25. The standard InChI is InChI=1S/C29H28N2O5/c1-4-15-36-23-11-8-21(9-12-23)26-25(27(32)22-10-13-24(35-5-2)19(3)16-22)28(33)29(34)31(26)18-20-7-6-14-30-17-20/h4,6-14,16-17,26,32H,1,5,15,18H2,2-3H3/t26-/m0/s1. The third kappa shape index (κ3) is 5.00. The maximum Gasteiger partial charge on any atom is 0.295 e. The Morgan fingerprint density at radius 3 is 2.56 bits per heavy atom. The van der Waals surface area contributed by atoms with Crippen LogP contribution in [0.2, 0.25) is 0 Å². The molecular formula is C29H28N2O5. The number of ketones is 1. The predicted octanol–water partition coefficient (Wildman–Crippen LogP) is 4.98. The van der Waals surface area contributed by atoms with Gasteiger partial charge in [0.2, 0.25) is 0 Å². The molecule has 1 N–H and O–H groups in total. The topological polar surface area (TPSA) is 89.0 Å². The van der Waals surface area contributed by atoms with Crippen molar-refractivity contribution >= 4 is 17.4 Å². The first kappa shape index (κ1) is 24.7. The van der Waals surface area contributed by atoms with Crippen LogP contribution in [-0.2, 0) is 16.1 Å². The van der Waals surface area contributed by atoms with Crippen LogP contribution >= 0.6 is 0 Å². The lowest BCUT2D eigenvalue weighted by molar-refractivity contribution is -0.140. The number of aliphatic hydroxyl groups excluding tert-OH is 1. The Bertz CT molecular complexity index is 1300. The van der Waals surface area contributed by atoms with Crippen LogP contribution in [0, 0.1) is 6.92 Å². The van der Waals surface area contributed by atoms with Gasteiger partial charge in [0.1, 0.15) is 23.9 Å². The van der Waals surface area contributed by atoms with Gasteiger partial charge in [-0.05, 0) is 66.9 Å². The van der Waals surface area contributed by atoms with Crippen LogP contribution in [0.5, 0.6) is 11.5 Å². The molecule has 36 heavy (non-hydrogen) atoms. The van der Waals surface area contributed by atoms with E-state index in [0.29, 0.717) is 35.8 Å². The highest BCUT2D eigenvalue weighted by Gasteiger charge is 2.46. The molecule has 1 saturated heterocycles. The number of aliphatic hydroxyl groups is 1. The Kier molecular flexibility index (Phi) is 7.49. The molecule has 0 aliphatic carbocycles. The third-order valence-electron chi connectivity index (χ3n) is 5.93. The van der Waals surface area contributed by atoms with Crippen LogP contribution in [0.25, 0.3) is 5.76 Å². The summed E-state index contributed by atoms with van der Waals surface area (Å²) in [5, 5.41) is 11.3. The van der Waals surface area contributed by atoms with E-state index in [0.717, 1.165) is 11.1 Å². The smallest absolute Gasteiger partial charge is 0.295 e. The molecule has 1 fully saturated rings. The Morgan fingerprint density at radius 2 is 1.92 bits per heavy atom. The van der Waals surface area contributed by atoms with Crippen molar-refractivity contribution in [3.05, 3.63) is 107 Å². The number of rotatable bonds is 9. The molecule has 2 aromatic carbocycles. The highest BCUT2D eigenvalue weighted by Crippen LogP contribution is 2.41. The van der Waals surface area contributed by atoms with Crippen molar-refractivity contribution in [1.82, 2.24) is 9.88 Å². The predicted molar refractivity (Wildman–Crippen MR) is 137 cm³/mol. The van der Waals surface area contributed by atoms with E-state index in [2.05, 4.69) is 11.6 Å². The SMILES string of the molecule is C=CCOc1ccc([C@H]2C(=C(O)c3ccc(OCC)c(C)c3)C(=O)C(=O)N2Cc2cccnc2)cc1. The Morgan fingerprint density at radius 1 is 1.14 bits per heavy atom. The van der Waals surface area contributed by atoms with Crippen molar-refractivity contribution in [3.8, 4) is 11.5 Å². The maximum absolute atomic E-state index is 13.3. The minimum atomic E-state index is -0.787. The minimum Gasteiger partial charge on any atom is -0.507 e. The summed E-state index contributed by atoms with van der Waals surface area (Å²) in [6, 6.07) is 15.1. The molecule has 0 spiro atoms. The minimum absolute atomic E-state index is 0.0345. The van der Waals surface area contributed by atoms with Gasteiger partial charge in [0.25, 0.3) is 11.7 Å². The largest absolute Gasteiger partial charge is 0.507 e. The summed E-state index contributed by atoms with van der Waals surface area (Å²) in [4.78, 5) is 32.1. The van der Waals surface area contributed by atoms with Gasteiger partial charge in [-0.25, -0.2) is 0 Å². The molecule has 4 rings (SSSR count). The van der Waals surface area contributed by atoms with Gasteiger partial charge < -0.3 is 19.5 Å². The third-order valence-corrected chi connectivity index (χ3v) is 5.93. The molecule has 0 unspecified atom stereocenters. The number of benzene rings is 2. The number of carbonyl (C=O) groups excluding carboxylic acids is 2. The zero-order valence-corrected chi connectivity index (χ0v) is 20.3.